The van der Waals surface area contributed by atoms with Crippen molar-refractivity contribution >= 4 is 17.6 Å². The Bertz CT molecular complexity index is 1180. The molecule has 166 valence electrons. The van der Waals surface area contributed by atoms with Crippen LogP contribution in [-0.2, 0) is 10.8 Å². The summed E-state index contributed by atoms with van der Waals surface area (Å²) in [6.45, 7) is 0. The second-order valence-corrected chi connectivity index (χ2v) is 10.5. The van der Waals surface area contributed by atoms with Crippen LogP contribution in [0.4, 0.5) is 11.4 Å². The number of nitro benzene ring substituents is 1. The van der Waals surface area contributed by atoms with Gasteiger partial charge in [0.15, 0.2) is 0 Å². The summed E-state index contributed by atoms with van der Waals surface area (Å²) in [5.74, 6) is 1.68. The molecule has 0 heterocycles. The van der Waals surface area contributed by atoms with Gasteiger partial charge in [-0.25, -0.2) is 0 Å². The van der Waals surface area contributed by atoms with E-state index in [4.69, 9.17) is 0 Å². The maximum Gasteiger partial charge on any atom is 0.269 e. The van der Waals surface area contributed by atoms with Gasteiger partial charge in [-0.15, -0.1) is 0 Å². The lowest BCUT2D eigenvalue weighted by Gasteiger charge is -2.62. The first-order chi connectivity index (χ1) is 16.0. The molecule has 0 spiro atoms. The minimum absolute atomic E-state index is 0.0975. The summed E-state index contributed by atoms with van der Waals surface area (Å²) in [4.78, 5) is 15.0. The van der Waals surface area contributed by atoms with Crippen molar-refractivity contribution in [3.63, 3.8) is 0 Å². The Labute approximate surface area is 194 Å². The van der Waals surface area contributed by atoms with Crippen LogP contribution in [-0.4, -0.2) is 11.1 Å². The minimum Gasteiger partial charge on any atom is -0.258 e. The quantitative estimate of drug-likeness (QED) is 0.243. The smallest absolute Gasteiger partial charge is 0.258 e. The zero-order valence-corrected chi connectivity index (χ0v) is 18.7. The first-order valence-corrected chi connectivity index (χ1v) is 12.0. The summed E-state index contributed by atoms with van der Waals surface area (Å²) in [6.07, 6.45) is 9.80. The van der Waals surface area contributed by atoms with E-state index in [1.165, 1.54) is 56.2 Å². The Morgan fingerprint density at radius 1 is 0.788 bits per heavy atom. The summed E-state index contributed by atoms with van der Waals surface area (Å²) < 4.78 is 0. The summed E-state index contributed by atoms with van der Waals surface area (Å²) in [5.41, 5.74) is 5.54. The second kappa shape index (κ2) is 7.65. The number of hydrogen-bond donors (Lipinski definition) is 0. The van der Waals surface area contributed by atoms with Gasteiger partial charge in [0.05, 0.1) is 10.6 Å². The topological polar surface area (TPSA) is 55.5 Å². The molecule has 3 aromatic carbocycles. The van der Waals surface area contributed by atoms with Crippen molar-refractivity contribution in [2.24, 2.45) is 16.8 Å². The average molecular weight is 437 g/mol. The van der Waals surface area contributed by atoms with Gasteiger partial charge < -0.3 is 0 Å². The molecule has 0 aromatic heterocycles. The maximum absolute atomic E-state index is 10.8. The molecule has 0 amide bonds. The summed E-state index contributed by atoms with van der Waals surface area (Å²) in [5, 5.41) is 10.8. The molecule has 4 aliphatic rings. The van der Waals surface area contributed by atoms with E-state index < -0.39 is 0 Å². The van der Waals surface area contributed by atoms with Crippen LogP contribution in [0.25, 0.3) is 0 Å². The van der Waals surface area contributed by atoms with Crippen molar-refractivity contribution in [3.05, 3.63) is 106 Å². The lowest BCUT2D eigenvalue weighted by molar-refractivity contribution is -0.384. The van der Waals surface area contributed by atoms with E-state index in [-0.39, 0.29) is 10.6 Å². The van der Waals surface area contributed by atoms with Gasteiger partial charge in [-0.1, -0.05) is 42.5 Å². The number of nitrogens with zero attached hydrogens (tertiary/aromatic N) is 2. The standard InChI is InChI=1S/C29H28N2O2/c32-31(33)27-12-6-21(7-13-27)19-30-26-10-8-25(9-11-26)29-17-22-14-23(18-29)16-28(15-22,20-29)24-4-2-1-3-5-24/h1-13,19,22-23H,14-18,20H2/t22-,23+,28?,29?. The molecule has 0 saturated heterocycles. The fourth-order valence-electron chi connectivity index (χ4n) is 7.46. The monoisotopic (exact) mass is 436 g/mol. The molecule has 4 fully saturated rings. The number of non-ortho nitro benzene ring substituents is 1. The van der Waals surface area contributed by atoms with Crippen molar-refractivity contribution in [2.45, 2.75) is 49.4 Å². The molecule has 4 atom stereocenters. The van der Waals surface area contributed by atoms with Crippen molar-refractivity contribution in [2.75, 3.05) is 0 Å². The van der Waals surface area contributed by atoms with E-state index in [2.05, 4.69) is 59.6 Å². The highest BCUT2D eigenvalue weighted by Gasteiger charge is 2.58. The first-order valence-electron chi connectivity index (χ1n) is 12.0. The molecule has 33 heavy (non-hydrogen) atoms. The van der Waals surface area contributed by atoms with Crippen LogP contribution in [0, 0.1) is 22.0 Å². The number of nitro groups is 1. The number of benzene rings is 3. The van der Waals surface area contributed by atoms with E-state index in [0.717, 1.165) is 23.1 Å². The first kappa shape index (κ1) is 20.3. The average Bonchev–Trinajstić information content (AvgIpc) is 2.83. The number of hydrogen-bond acceptors (Lipinski definition) is 3. The van der Waals surface area contributed by atoms with E-state index in [0.29, 0.717) is 10.8 Å². The highest BCUT2D eigenvalue weighted by Crippen LogP contribution is 2.66. The fourth-order valence-corrected chi connectivity index (χ4v) is 7.46. The predicted molar refractivity (Wildman–Crippen MR) is 131 cm³/mol. The summed E-state index contributed by atoms with van der Waals surface area (Å²) in [6, 6.07) is 26.6. The molecule has 4 saturated carbocycles. The SMILES string of the molecule is O=[N+]([O-])c1ccc(C=Nc2ccc(C34C[C@@H]5C[C@@H](CC(c6ccccc6)(C5)C3)C4)cc2)cc1. The van der Waals surface area contributed by atoms with Gasteiger partial charge >= 0.3 is 0 Å². The third-order valence-corrected chi connectivity index (χ3v) is 8.39. The van der Waals surface area contributed by atoms with Crippen LogP contribution in [0.5, 0.6) is 0 Å². The van der Waals surface area contributed by atoms with Crippen molar-refractivity contribution in [1.29, 1.82) is 0 Å². The van der Waals surface area contributed by atoms with E-state index in [1.807, 2.05) is 0 Å². The van der Waals surface area contributed by atoms with Crippen LogP contribution >= 0.6 is 0 Å². The van der Waals surface area contributed by atoms with Gasteiger partial charge in [-0.2, -0.15) is 0 Å². The van der Waals surface area contributed by atoms with E-state index >= 15 is 0 Å². The third-order valence-electron chi connectivity index (χ3n) is 8.39. The van der Waals surface area contributed by atoms with Crippen molar-refractivity contribution in [1.82, 2.24) is 0 Å². The lowest BCUT2D eigenvalue weighted by Crippen LogP contribution is -2.55. The molecule has 7 rings (SSSR count). The molecule has 3 aromatic rings. The van der Waals surface area contributed by atoms with Crippen LogP contribution < -0.4 is 0 Å². The van der Waals surface area contributed by atoms with Gasteiger partial charge in [0.1, 0.15) is 0 Å². The molecule has 4 nitrogen and oxygen atoms in total. The van der Waals surface area contributed by atoms with Crippen LogP contribution in [0.3, 0.4) is 0 Å². The predicted octanol–water partition coefficient (Wildman–Crippen LogP) is 7.14. The van der Waals surface area contributed by atoms with Crippen LogP contribution in [0.15, 0.2) is 83.9 Å². The third kappa shape index (κ3) is 3.58. The van der Waals surface area contributed by atoms with Gasteiger partial charge in [-0.05, 0) is 102 Å². The van der Waals surface area contributed by atoms with Crippen molar-refractivity contribution in [3.8, 4) is 0 Å². The van der Waals surface area contributed by atoms with Gasteiger partial charge in [0.25, 0.3) is 5.69 Å². The fraction of sp³-hybridized carbons (Fsp3) is 0.345. The zero-order valence-electron chi connectivity index (χ0n) is 18.7. The number of aliphatic imine (C=N–C) groups is 1. The number of rotatable bonds is 5. The molecule has 2 unspecified atom stereocenters. The van der Waals surface area contributed by atoms with Gasteiger partial charge in [0.2, 0.25) is 0 Å². The maximum atomic E-state index is 10.8. The Morgan fingerprint density at radius 2 is 1.36 bits per heavy atom. The van der Waals surface area contributed by atoms with Crippen LogP contribution in [0.1, 0.15) is 55.2 Å². The summed E-state index contributed by atoms with van der Waals surface area (Å²) >= 11 is 0. The normalized spacial score (nSPS) is 30.1. The second-order valence-electron chi connectivity index (χ2n) is 10.5. The molecule has 4 heteroatoms. The zero-order chi connectivity index (χ0) is 22.5. The Balaban J connectivity index is 1.25. The van der Waals surface area contributed by atoms with E-state index in [1.54, 1.807) is 23.9 Å². The Hall–Kier alpha value is -3.27. The molecule has 4 bridgehead atoms. The minimum atomic E-state index is -0.383. The van der Waals surface area contributed by atoms with Gasteiger partial charge in [-0.3, -0.25) is 15.1 Å². The molecule has 0 N–H and O–H groups in total. The van der Waals surface area contributed by atoms with E-state index in [9.17, 15) is 10.1 Å². The van der Waals surface area contributed by atoms with Gasteiger partial charge in [0, 0.05) is 18.3 Å². The largest absolute Gasteiger partial charge is 0.269 e. The molecule has 0 aliphatic heterocycles. The summed E-state index contributed by atoms with van der Waals surface area (Å²) in [7, 11) is 0. The molecular formula is C29H28N2O2. The Morgan fingerprint density at radius 3 is 1.94 bits per heavy atom. The lowest BCUT2D eigenvalue weighted by atomic mass is 9.42. The molecular weight excluding hydrogens is 408 g/mol. The highest BCUT2D eigenvalue weighted by molar-refractivity contribution is 5.82. The highest BCUT2D eigenvalue weighted by atomic mass is 16.6. The van der Waals surface area contributed by atoms with Crippen LogP contribution in [0.2, 0.25) is 0 Å². The van der Waals surface area contributed by atoms with Crippen molar-refractivity contribution < 1.29 is 4.92 Å². The molecule has 4 aliphatic carbocycles. The molecule has 0 radical (unpaired) electrons. The Kier molecular flexibility index (Phi) is 4.72.